The quantitative estimate of drug-likeness (QED) is 0.482. The van der Waals surface area contributed by atoms with Crippen molar-refractivity contribution in [1.29, 1.82) is 0 Å². The van der Waals surface area contributed by atoms with E-state index in [1.165, 1.54) is 11.9 Å². The molecule has 6 heteroatoms. The topological polar surface area (TPSA) is 57.7 Å². The second-order valence-electron chi connectivity index (χ2n) is 2.76. The Morgan fingerprint density at radius 2 is 2.15 bits per heavy atom. The summed E-state index contributed by atoms with van der Waals surface area (Å²) in [6.45, 7) is 0.247. The summed E-state index contributed by atoms with van der Waals surface area (Å²) < 4.78 is 0. The second kappa shape index (κ2) is 3.74. The van der Waals surface area contributed by atoms with Crippen LogP contribution in [0.25, 0.3) is 0 Å². The Morgan fingerprint density at radius 3 is 2.54 bits per heavy atom. The van der Waals surface area contributed by atoms with E-state index in [9.17, 15) is 14.4 Å². The predicted molar refractivity (Wildman–Crippen MR) is 45.2 cm³/mol. The number of likely N-dealkylation sites (N-methyl/N-ethyl adjacent to an activating group) is 1. The summed E-state index contributed by atoms with van der Waals surface area (Å²) >= 11 is 5.10. The molecule has 0 unspecified atom stereocenters. The molecule has 13 heavy (non-hydrogen) atoms. The SMILES string of the molecule is CN1C(=O)CN(CCC(=O)Cl)C1=O. The molecule has 1 fully saturated rings. The van der Waals surface area contributed by atoms with Crippen LogP contribution >= 0.6 is 11.6 Å². The fraction of sp³-hybridized carbons (Fsp3) is 0.571. The molecule has 0 radical (unpaired) electrons. The number of halogens is 1. The smallest absolute Gasteiger partial charge is 0.314 e. The molecule has 0 N–H and O–H groups in total. The molecule has 0 aromatic heterocycles. The Hall–Kier alpha value is -1.10. The third-order valence-electron chi connectivity index (χ3n) is 1.84. The molecule has 1 rings (SSSR count). The lowest BCUT2D eigenvalue weighted by Gasteiger charge is -2.12. The first-order valence-corrected chi connectivity index (χ1v) is 4.14. The van der Waals surface area contributed by atoms with Gasteiger partial charge in [-0.05, 0) is 11.6 Å². The second-order valence-corrected chi connectivity index (χ2v) is 3.18. The van der Waals surface area contributed by atoms with Crippen LogP contribution in [-0.2, 0) is 9.59 Å². The van der Waals surface area contributed by atoms with E-state index in [4.69, 9.17) is 11.6 Å². The summed E-state index contributed by atoms with van der Waals surface area (Å²) in [4.78, 5) is 34.9. The lowest BCUT2D eigenvalue weighted by atomic mass is 10.4. The molecule has 0 atom stereocenters. The molecule has 1 heterocycles. The first-order valence-electron chi connectivity index (χ1n) is 3.76. The average molecular weight is 205 g/mol. The maximum atomic E-state index is 11.2. The van der Waals surface area contributed by atoms with Crippen molar-refractivity contribution >= 4 is 28.8 Å². The fourth-order valence-electron chi connectivity index (χ4n) is 1.05. The molecule has 5 nitrogen and oxygen atoms in total. The highest BCUT2D eigenvalue weighted by Crippen LogP contribution is 2.08. The zero-order valence-electron chi connectivity index (χ0n) is 7.12. The van der Waals surface area contributed by atoms with Gasteiger partial charge in [-0.3, -0.25) is 14.5 Å². The molecule has 1 saturated heterocycles. The Labute approximate surface area is 80.2 Å². The van der Waals surface area contributed by atoms with Crippen LogP contribution in [0.5, 0.6) is 0 Å². The summed E-state index contributed by atoms with van der Waals surface area (Å²) in [6, 6.07) is -0.372. The minimum Gasteiger partial charge on any atom is -0.314 e. The van der Waals surface area contributed by atoms with Gasteiger partial charge in [0.15, 0.2) is 0 Å². The molecule has 0 aromatic rings. The number of carbonyl (C=O) groups is 3. The first-order chi connectivity index (χ1) is 6.02. The number of rotatable bonds is 3. The van der Waals surface area contributed by atoms with Crippen LogP contribution in [0, 0.1) is 0 Å². The van der Waals surface area contributed by atoms with Crippen LogP contribution in [0.4, 0.5) is 4.79 Å². The summed E-state index contributed by atoms with van der Waals surface area (Å²) in [5.41, 5.74) is 0. The van der Waals surface area contributed by atoms with E-state index in [0.29, 0.717) is 0 Å². The first kappa shape index (κ1) is 9.98. The van der Waals surface area contributed by atoms with Crippen molar-refractivity contribution in [3.05, 3.63) is 0 Å². The Balaban J connectivity index is 2.49. The van der Waals surface area contributed by atoms with E-state index in [-0.39, 0.29) is 31.4 Å². The van der Waals surface area contributed by atoms with Gasteiger partial charge in [0, 0.05) is 20.0 Å². The number of amides is 3. The third-order valence-corrected chi connectivity index (χ3v) is 2.02. The highest BCUT2D eigenvalue weighted by molar-refractivity contribution is 6.63. The van der Waals surface area contributed by atoms with Crippen molar-refractivity contribution in [3.63, 3.8) is 0 Å². The minimum absolute atomic E-state index is 0.0412. The van der Waals surface area contributed by atoms with Gasteiger partial charge in [-0.1, -0.05) is 0 Å². The van der Waals surface area contributed by atoms with Gasteiger partial charge in [0.2, 0.25) is 11.1 Å². The molecule has 0 bridgehead atoms. The van der Waals surface area contributed by atoms with E-state index < -0.39 is 5.24 Å². The Morgan fingerprint density at radius 1 is 1.54 bits per heavy atom. The molecule has 0 saturated carbocycles. The molecule has 1 aliphatic heterocycles. The molecule has 72 valence electrons. The molecule has 0 spiro atoms. The molecule has 1 aliphatic rings. The van der Waals surface area contributed by atoms with Gasteiger partial charge < -0.3 is 4.90 Å². The van der Waals surface area contributed by atoms with Crippen LogP contribution in [0.1, 0.15) is 6.42 Å². The van der Waals surface area contributed by atoms with Crippen LogP contribution in [0.2, 0.25) is 0 Å². The maximum Gasteiger partial charge on any atom is 0.326 e. The Kier molecular flexibility index (Phi) is 2.87. The molecule has 3 amide bonds. The number of hydrogen-bond acceptors (Lipinski definition) is 3. The van der Waals surface area contributed by atoms with Gasteiger partial charge in [0.1, 0.15) is 6.54 Å². The molecular weight excluding hydrogens is 196 g/mol. The van der Waals surface area contributed by atoms with Crippen molar-refractivity contribution in [2.45, 2.75) is 6.42 Å². The third kappa shape index (κ3) is 2.18. The van der Waals surface area contributed by atoms with E-state index in [2.05, 4.69) is 0 Å². The maximum absolute atomic E-state index is 11.2. The lowest BCUT2D eigenvalue weighted by Crippen LogP contribution is -2.31. The standard InChI is InChI=1S/C7H9ClN2O3/c1-9-6(12)4-10(7(9)13)3-2-5(8)11/h2-4H2,1H3. The van der Waals surface area contributed by atoms with Crippen LogP contribution in [-0.4, -0.2) is 47.1 Å². The van der Waals surface area contributed by atoms with Crippen molar-refractivity contribution in [2.75, 3.05) is 20.1 Å². The van der Waals surface area contributed by atoms with E-state index in [1.807, 2.05) is 0 Å². The molecule has 0 aromatic carbocycles. The zero-order chi connectivity index (χ0) is 10.0. The zero-order valence-corrected chi connectivity index (χ0v) is 7.87. The average Bonchev–Trinajstić information content (AvgIpc) is 2.29. The number of hydrogen-bond donors (Lipinski definition) is 0. The normalized spacial score (nSPS) is 17.1. The van der Waals surface area contributed by atoms with Gasteiger partial charge >= 0.3 is 6.03 Å². The minimum atomic E-state index is -0.505. The number of nitrogens with zero attached hydrogens (tertiary/aromatic N) is 2. The monoisotopic (exact) mass is 204 g/mol. The molecular formula is C7H9ClN2O3. The van der Waals surface area contributed by atoms with Gasteiger partial charge in [-0.2, -0.15) is 0 Å². The highest BCUT2D eigenvalue weighted by atomic mass is 35.5. The summed E-state index contributed by atoms with van der Waals surface area (Å²) in [5.74, 6) is -0.257. The van der Waals surface area contributed by atoms with Crippen LogP contribution in [0.3, 0.4) is 0 Å². The van der Waals surface area contributed by atoms with Gasteiger partial charge in [-0.15, -0.1) is 0 Å². The number of urea groups is 1. The van der Waals surface area contributed by atoms with Gasteiger partial charge in [-0.25, -0.2) is 4.79 Å². The van der Waals surface area contributed by atoms with E-state index >= 15 is 0 Å². The van der Waals surface area contributed by atoms with E-state index in [0.717, 1.165) is 4.90 Å². The summed E-state index contributed by atoms with van der Waals surface area (Å²) in [7, 11) is 1.41. The predicted octanol–water partition coefficient (Wildman–Crippen LogP) is 0.0359. The number of carbonyl (C=O) groups excluding carboxylic acids is 3. The number of imide groups is 1. The van der Waals surface area contributed by atoms with Crippen LogP contribution in [0.15, 0.2) is 0 Å². The molecule has 0 aliphatic carbocycles. The van der Waals surface area contributed by atoms with Crippen molar-refractivity contribution in [3.8, 4) is 0 Å². The van der Waals surface area contributed by atoms with Crippen LogP contribution < -0.4 is 0 Å². The van der Waals surface area contributed by atoms with Gasteiger partial charge in [0.05, 0.1) is 0 Å². The fourth-order valence-corrected chi connectivity index (χ4v) is 1.14. The summed E-state index contributed by atoms with van der Waals surface area (Å²) in [5, 5.41) is -0.505. The van der Waals surface area contributed by atoms with Crippen molar-refractivity contribution < 1.29 is 14.4 Å². The van der Waals surface area contributed by atoms with E-state index in [1.54, 1.807) is 0 Å². The lowest BCUT2D eigenvalue weighted by molar-refractivity contribution is -0.124. The van der Waals surface area contributed by atoms with Crippen molar-refractivity contribution in [1.82, 2.24) is 9.80 Å². The highest BCUT2D eigenvalue weighted by Gasteiger charge is 2.32. The van der Waals surface area contributed by atoms with Gasteiger partial charge in [0.25, 0.3) is 0 Å². The Bertz CT molecular complexity index is 266. The summed E-state index contributed by atoms with van der Waals surface area (Å²) in [6.07, 6.45) is 0.0778. The largest absolute Gasteiger partial charge is 0.326 e. The van der Waals surface area contributed by atoms with Crippen molar-refractivity contribution in [2.24, 2.45) is 0 Å².